The zero-order chi connectivity index (χ0) is 20.0. The van der Waals surface area contributed by atoms with E-state index in [0.29, 0.717) is 12.4 Å². The minimum atomic E-state index is -0.736. The molecule has 2 rings (SSSR count). The highest BCUT2D eigenvalue weighted by Gasteiger charge is 2.28. The van der Waals surface area contributed by atoms with E-state index in [1.807, 2.05) is 0 Å². The van der Waals surface area contributed by atoms with E-state index in [2.05, 4.69) is 0 Å². The van der Waals surface area contributed by atoms with Gasteiger partial charge in [-0.3, -0.25) is 0 Å². The maximum atomic E-state index is 12.5. The number of esters is 3. The number of benzene rings is 1. The number of para-hydroxylation sites is 1. The number of nitrogens with two attached hydrogens (primary N) is 1. The first-order valence-corrected chi connectivity index (χ1v) is 8.72. The summed E-state index contributed by atoms with van der Waals surface area (Å²) in [5.74, 6) is -1.73. The van der Waals surface area contributed by atoms with Gasteiger partial charge in [0.15, 0.2) is 0 Å². The molecule has 0 spiro atoms. The van der Waals surface area contributed by atoms with Crippen LogP contribution in [0.2, 0.25) is 0 Å². The minimum Gasteiger partial charge on any atom is -0.493 e. The molecule has 0 aliphatic heterocycles. The van der Waals surface area contributed by atoms with Gasteiger partial charge in [-0.1, -0.05) is 12.1 Å². The first kappa shape index (κ1) is 20.2. The van der Waals surface area contributed by atoms with Crippen molar-refractivity contribution in [2.45, 2.75) is 13.5 Å². The molecule has 0 saturated carbocycles. The standard InChI is InChI=1S/C18H19NO7S/c1-4-25-12-8-6-5-7-10(12)16(20)26-9-11-13(17(21)23-2)15(19)27-14(11)18(22)24-3/h5-8H,4,9,19H2,1-3H3. The number of methoxy groups -OCH3 is 2. The molecule has 0 fully saturated rings. The number of carbonyl (C=O) groups is 3. The number of anilines is 1. The number of rotatable bonds is 7. The third-order valence-corrected chi connectivity index (χ3v) is 4.59. The highest BCUT2D eigenvalue weighted by Crippen LogP contribution is 2.33. The number of carbonyl (C=O) groups excluding carboxylic acids is 3. The maximum Gasteiger partial charge on any atom is 0.348 e. The van der Waals surface area contributed by atoms with Gasteiger partial charge in [0, 0.05) is 5.56 Å². The fourth-order valence-electron chi connectivity index (χ4n) is 2.34. The van der Waals surface area contributed by atoms with Gasteiger partial charge in [0.1, 0.15) is 33.4 Å². The quantitative estimate of drug-likeness (QED) is 0.564. The van der Waals surface area contributed by atoms with Crippen molar-refractivity contribution in [3.8, 4) is 5.75 Å². The van der Waals surface area contributed by atoms with Crippen molar-refractivity contribution in [2.24, 2.45) is 0 Å². The maximum absolute atomic E-state index is 12.5. The van der Waals surface area contributed by atoms with Crippen molar-refractivity contribution < 1.29 is 33.3 Å². The van der Waals surface area contributed by atoms with Gasteiger partial charge in [0.05, 0.1) is 20.8 Å². The zero-order valence-corrected chi connectivity index (χ0v) is 15.9. The summed E-state index contributed by atoms with van der Waals surface area (Å²) in [7, 11) is 2.38. The van der Waals surface area contributed by atoms with E-state index in [-0.39, 0.29) is 33.2 Å². The molecule has 144 valence electrons. The second-order valence-corrected chi connectivity index (χ2v) is 6.19. The lowest BCUT2D eigenvalue weighted by Gasteiger charge is -2.11. The summed E-state index contributed by atoms with van der Waals surface area (Å²) in [5, 5.41) is 0.0722. The molecule has 27 heavy (non-hydrogen) atoms. The highest BCUT2D eigenvalue weighted by atomic mass is 32.1. The second kappa shape index (κ2) is 9.04. The molecule has 0 amide bonds. The summed E-state index contributed by atoms with van der Waals surface area (Å²) >= 11 is 0.863. The van der Waals surface area contributed by atoms with E-state index in [1.165, 1.54) is 14.2 Å². The van der Waals surface area contributed by atoms with Crippen LogP contribution in [-0.4, -0.2) is 38.7 Å². The van der Waals surface area contributed by atoms with Gasteiger partial charge in [-0.2, -0.15) is 0 Å². The van der Waals surface area contributed by atoms with Gasteiger partial charge >= 0.3 is 17.9 Å². The second-order valence-electron chi connectivity index (χ2n) is 5.14. The first-order valence-electron chi connectivity index (χ1n) is 7.91. The predicted octanol–water partition coefficient (Wildman–Crippen LogP) is 2.66. The number of thiophene rings is 1. The molecule has 0 aliphatic rings. The fraction of sp³-hybridized carbons (Fsp3) is 0.278. The van der Waals surface area contributed by atoms with Crippen molar-refractivity contribution in [3.05, 3.63) is 45.8 Å². The van der Waals surface area contributed by atoms with Gasteiger partial charge < -0.3 is 24.7 Å². The highest BCUT2D eigenvalue weighted by molar-refractivity contribution is 7.18. The molecule has 9 heteroatoms. The molecule has 1 aromatic heterocycles. The Morgan fingerprint density at radius 1 is 1.04 bits per heavy atom. The van der Waals surface area contributed by atoms with Crippen LogP contribution in [0.3, 0.4) is 0 Å². The Balaban J connectivity index is 2.33. The molecule has 2 aromatic rings. The van der Waals surface area contributed by atoms with Gasteiger partial charge in [0.25, 0.3) is 0 Å². The van der Waals surface area contributed by atoms with Crippen molar-refractivity contribution in [1.82, 2.24) is 0 Å². The van der Waals surface area contributed by atoms with Crippen LogP contribution in [0.4, 0.5) is 5.00 Å². The van der Waals surface area contributed by atoms with Crippen molar-refractivity contribution in [1.29, 1.82) is 0 Å². The summed E-state index contributed by atoms with van der Waals surface area (Å²) < 4.78 is 20.1. The number of hydrogen-bond acceptors (Lipinski definition) is 9. The molecule has 0 unspecified atom stereocenters. The minimum absolute atomic E-state index is 0.0196. The molecule has 0 radical (unpaired) electrons. The molecule has 0 aliphatic carbocycles. The lowest BCUT2D eigenvalue weighted by atomic mass is 10.1. The van der Waals surface area contributed by atoms with Gasteiger partial charge in [-0.25, -0.2) is 14.4 Å². The number of ether oxygens (including phenoxy) is 4. The molecule has 0 atom stereocenters. The monoisotopic (exact) mass is 393 g/mol. The van der Waals surface area contributed by atoms with E-state index >= 15 is 0 Å². The van der Waals surface area contributed by atoms with Gasteiger partial charge in [0.2, 0.25) is 0 Å². The van der Waals surface area contributed by atoms with Crippen molar-refractivity contribution >= 4 is 34.2 Å². The molecular formula is C18H19NO7S. The summed E-state index contributed by atoms with van der Waals surface area (Å²) in [5.41, 5.74) is 6.18. The van der Waals surface area contributed by atoms with Crippen LogP contribution in [-0.2, 0) is 20.8 Å². The van der Waals surface area contributed by atoms with Crippen LogP contribution in [0.1, 0.15) is 42.9 Å². The van der Waals surface area contributed by atoms with E-state index in [9.17, 15) is 14.4 Å². The molecular weight excluding hydrogens is 374 g/mol. The van der Waals surface area contributed by atoms with Crippen LogP contribution < -0.4 is 10.5 Å². The SMILES string of the molecule is CCOc1ccccc1C(=O)OCc1c(C(=O)OC)sc(N)c1C(=O)OC. The Morgan fingerprint density at radius 3 is 2.33 bits per heavy atom. The van der Waals surface area contributed by atoms with E-state index in [0.717, 1.165) is 11.3 Å². The van der Waals surface area contributed by atoms with Crippen LogP contribution in [0, 0.1) is 0 Å². The lowest BCUT2D eigenvalue weighted by Crippen LogP contribution is -2.13. The van der Waals surface area contributed by atoms with Crippen LogP contribution >= 0.6 is 11.3 Å². The molecule has 0 saturated heterocycles. The third-order valence-electron chi connectivity index (χ3n) is 3.55. The van der Waals surface area contributed by atoms with Crippen LogP contribution in [0.25, 0.3) is 0 Å². The van der Waals surface area contributed by atoms with Crippen molar-refractivity contribution in [2.75, 3.05) is 26.6 Å². The Morgan fingerprint density at radius 2 is 1.70 bits per heavy atom. The third kappa shape index (κ3) is 4.37. The molecule has 1 aromatic carbocycles. The van der Waals surface area contributed by atoms with E-state index in [4.69, 9.17) is 24.7 Å². The smallest absolute Gasteiger partial charge is 0.348 e. The Labute approximate surface area is 159 Å². The van der Waals surface area contributed by atoms with Crippen LogP contribution in [0.15, 0.2) is 24.3 Å². The number of hydrogen-bond donors (Lipinski definition) is 1. The summed E-state index contributed by atoms with van der Waals surface area (Å²) in [6.45, 7) is 1.81. The van der Waals surface area contributed by atoms with E-state index in [1.54, 1.807) is 31.2 Å². The topological polar surface area (TPSA) is 114 Å². The number of nitrogen functional groups attached to an aromatic ring is 1. The van der Waals surface area contributed by atoms with Gasteiger partial charge in [-0.05, 0) is 19.1 Å². The summed E-state index contributed by atoms with van der Waals surface area (Å²) in [6.07, 6.45) is 0. The van der Waals surface area contributed by atoms with Gasteiger partial charge in [-0.15, -0.1) is 11.3 Å². The first-order chi connectivity index (χ1) is 12.9. The summed E-state index contributed by atoms with van der Waals surface area (Å²) in [6, 6.07) is 6.59. The molecule has 8 nitrogen and oxygen atoms in total. The normalized spacial score (nSPS) is 10.2. The molecule has 1 heterocycles. The Hall–Kier alpha value is -3.07. The average Bonchev–Trinajstić information content (AvgIpc) is 3.01. The van der Waals surface area contributed by atoms with Crippen LogP contribution in [0.5, 0.6) is 5.75 Å². The van der Waals surface area contributed by atoms with Crippen molar-refractivity contribution in [3.63, 3.8) is 0 Å². The lowest BCUT2D eigenvalue weighted by molar-refractivity contribution is 0.0448. The van der Waals surface area contributed by atoms with E-state index < -0.39 is 17.9 Å². The average molecular weight is 393 g/mol. The Bertz CT molecular complexity index is 859. The largest absolute Gasteiger partial charge is 0.493 e. The molecule has 2 N–H and O–H groups in total. The fourth-order valence-corrected chi connectivity index (χ4v) is 3.32. The summed E-state index contributed by atoms with van der Waals surface area (Å²) in [4.78, 5) is 36.5. The Kier molecular flexibility index (Phi) is 6.78. The molecule has 0 bridgehead atoms. The predicted molar refractivity (Wildman–Crippen MR) is 98.1 cm³/mol. The zero-order valence-electron chi connectivity index (χ0n) is 15.1.